The van der Waals surface area contributed by atoms with Gasteiger partial charge in [0.15, 0.2) is 0 Å². The molecule has 0 saturated heterocycles. The Morgan fingerprint density at radius 3 is 1.89 bits per heavy atom. The molecule has 0 radical (unpaired) electrons. The highest BCUT2D eigenvalue weighted by atomic mass is 16.3. The van der Waals surface area contributed by atoms with Gasteiger partial charge < -0.3 is 10.4 Å². The van der Waals surface area contributed by atoms with E-state index < -0.39 is 6.10 Å². The SMILES string of the molecule is CNC(CC(O)c1ccccc1)c1ccccc1. The van der Waals surface area contributed by atoms with Crippen LogP contribution in [0.3, 0.4) is 0 Å². The van der Waals surface area contributed by atoms with E-state index in [0.29, 0.717) is 6.42 Å². The van der Waals surface area contributed by atoms with Crippen LogP contribution in [0.2, 0.25) is 0 Å². The molecule has 2 N–H and O–H groups in total. The molecule has 0 spiro atoms. The molecular formula is C16H19NO. The van der Waals surface area contributed by atoms with Crippen molar-refractivity contribution in [2.75, 3.05) is 7.05 Å². The van der Waals surface area contributed by atoms with Gasteiger partial charge in [-0.25, -0.2) is 0 Å². The second-order valence-corrected chi connectivity index (χ2v) is 4.41. The van der Waals surface area contributed by atoms with Crippen molar-refractivity contribution in [2.45, 2.75) is 18.6 Å². The van der Waals surface area contributed by atoms with Crippen molar-refractivity contribution in [3.63, 3.8) is 0 Å². The van der Waals surface area contributed by atoms with E-state index in [2.05, 4.69) is 17.4 Å². The maximum Gasteiger partial charge on any atom is 0.0808 e. The van der Waals surface area contributed by atoms with Gasteiger partial charge in [-0.05, 0) is 24.6 Å². The first kappa shape index (κ1) is 12.8. The lowest BCUT2D eigenvalue weighted by molar-refractivity contribution is 0.153. The van der Waals surface area contributed by atoms with Gasteiger partial charge in [0.05, 0.1) is 6.10 Å². The average molecular weight is 241 g/mol. The van der Waals surface area contributed by atoms with Crippen LogP contribution in [0, 0.1) is 0 Å². The van der Waals surface area contributed by atoms with Crippen molar-refractivity contribution in [1.82, 2.24) is 5.32 Å². The molecule has 0 fully saturated rings. The van der Waals surface area contributed by atoms with Crippen LogP contribution in [0.25, 0.3) is 0 Å². The van der Waals surface area contributed by atoms with E-state index in [9.17, 15) is 5.11 Å². The van der Waals surface area contributed by atoms with Gasteiger partial charge in [0, 0.05) is 6.04 Å². The normalized spacial score (nSPS) is 14.1. The van der Waals surface area contributed by atoms with Gasteiger partial charge >= 0.3 is 0 Å². The van der Waals surface area contributed by atoms with Crippen LogP contribution in [0.5, 0.6) is 0 Å². The van der Waals surface area contributed by atoms with Crippen molar-refractivity contribution in [3.8, 4) is 0 Å². The van der Waals surface area contributed by atoms with Gasteiger partial charge in [0.25, 0.3) is 0 Å². The first-order valence-electron chi connectivity index (χ1n) is 6.26. The fourth-order valence-corrected chi connectivity index (χ4v) is 2.14. The fourth-order valence-electron chi connectivity index (χ4n) is 2.14. The summed E-state index contributed by atoms with van der Waals surface area (Å²) in [4.78, 5) is 0. The third-order valence-electron chi connectivity index (χ3n) is 3.19. The van der Waals surface area contributed by atoms with Gasteiger partial charge in [-0.1, -0.05) is 60.7 Å². The minimum absolute atomic E-state index is 0.168. The van der Waals surface area contributed by atoms with E-state index in [4.69, 9.17) is 0 Å². The summed E-state index contributed by atoms with van der Waals surface area (Å²) in [6, 6.07) is 20.2. The highest BCUT2D eigenvalue weighted by Gasteiger charge is 2.15. The molecule has 18 heavy (non-hydrogen) atoms. The Morgan fingerprint density at radius 1 is 0.889 bits per heavy atom. The quantitative estimate of drug-likeness (QED) is 0.843. The van der Waals surface area contributed by atoms with E-state index in [1.54, 1.807) is 0 Å². The number of aliphatic hydroxyl groups excluding tert-OH is 1. The summed E-state index contributed by atoms with van der Waals surface area (Å²) in [5, 5.41) is 13.5. The molecule has 0 heterocycles. The lowest BCUT2D eigenvalue weighted by atomic mass is 9.97. The van der Waals surface area contributed by atoms with Crippen LogP contribution in [0.4, 0.5) is 0 Å². The van der Waals surface area contributed by atoms with Gasteiger partial charge in [-0.15, -0.1) is 0 Å². The molecule has 0 bridgehead atoms. The maximum atomic E-state index is 10.2. The first-order valence-corrected chi connectivity index (χ1v) is 6.26. The third kappa shape index (κ3) is 3.19. The maximum absolute atomic E-state index is 10.2. The second kappa shape index (κ2) is 6.34. The Labute approximate surface area is 108 Å². The van der Waals surface area contributed by atoms with Gasteiger partial charge in [0.2, 0.25) is 0 Å². The van der Waals surface area contributed by atoms with Crippen molar-refractivity contribution in [2.24, 2.45) is 0 Å². The summed E-state index contributed by atoms with van der Waals surface area (Å²) >= 11 is 0. The summed E-state index contributed by atoms with van der Waals surface area (Å²) in [6.07, 6.45) is 0.230. The monoisotopic (exact) mass is 241 g/mol. The summed E-state index contributed by atoms with van der Waals surface area (Å²) in [5.41, 5.74) is 2.17. The molecule has 2 heteroatoms. The molecule has 2 aromatic carbocycles. The molecule has 94 valence electrons. The van der Waals surface area contributed by atoms with E-state index in [1.165, 1.54) is 5.56 Å². The number of hydrogen-bond donors (Lipinski definition) is 2. The number of hydrogen-bond acceptors (Lipinski definition) is 2. The number of benzene rings is 2. The average Bonchev–Trinajstić information content (AvgIpc) is 2.46. The van der Waals surface area contributed by atoms with Crippen molar-refractivity contribution in [3.05, 3.63) is 71.8 Å². The Bertz CT molecular complexity index is 455. The minimum Gasteiger partial charge on any atom is -0.388 e. The molecule has 0 aromatic heterocycles. The zero-order valence-electron chi connectivity index (χ0n) is 10.6. The van der Waals surface area contributed by atoms with E-state index in [1.807, 2.05) is 55.6 Å². The van der Waals surface area contributed by atoms with Gasteiger partial charge in [-0.2, -0.15) is 0 Å². The smallest absolute Gasteiger partial charge is 0.0808 e. The largest absolute Gasteiger partial charge is 0.388 e. The van der Waals surface area contributed by atoms with Crippen LogP contribution >= 0.6 is 0 Å². The molecule has 0 aliphatic carbocycles. The predicted octanol–water partition coefficient (Wildman–Crippen LogP) is 3.07. The molecule has 0 aliphatic heterocycles. The summed E-state index contributed by atoms with van der Waals surface area (Å²) < 4.78 is 0. The van der Waals surface area contributed by atoms with Crippen LogP contribution in [0.1, 0.15) is 29.7 Å². The highest BCUT2D eigenvalue weighted by Crippen LogP contribution is 2.25. The number of aliphatic hydroxyl groups is 1. The van der Waals surface area contributed by atoms with E-state index >= 15 is 0 Å². The standard InChI is InChI=1S/C16H19NO/c1-17-15(13-8-4-2-5-9-13)12-16(18)14-10-6-3-7-11-14/h2-11,15-18H,12H2,1H3. The Hall–Kier alpha value is -1.64. The predicted molar refractivity (Wildman–Crippen MR) is 74.3 cm³/mol. The zero-order valence-corrected chi connectivity index (χ0v) is 10.6. The molecule has 2 atom stereocenters. The molecule has 2 rings (SSSR count). The summed E-state index contributed by atoms with van der Waals surface area (Å²) in [7, 11) is 1.93. The van der Waals surface area contributed by atoms with Gasteiger partial charge in [0.1, 0.15) is 0 Å². The van der Waals surface area contributed by atoms with Gasteiger partial charge in [-0.3, -0.25) is 0 Å². The summed E-state index contributed by atoms with van der Waals surface area (Å²) in [5.74, 6) is 0. The molecule has 0 aliphatic rings. The zero-order chi connectivity index (χ0) is 12.8. The summed E-state index contributed by atoms with van der Waals surface area (Å²) in [6.45, 7) is 0. The third-order valence-corrected chi connectivity index (χ3v) is 3.19. The minimum atomic E-state index is -0.441. The second-order valence-electron chi connectivity index (χ2n) is 4.41. The molecule has 2 nitrogen and oxygen atoms in total. The number of nitrogens with one attached hydrogen (secondary N) is 1. The molecule has 2 aromatic rings. The lowest BCUT2D eigenvalue weighted by Gasteiger charge is -2.20. The number of rotatable bonds is 5. The first-order chi connectivity index (χ1) is 8.81. The highest BCUT2D eigenvalue weighted by molar-refractivity contribution is 5.21. The molecule has 0 amide bonds. The lowest BCUT2D eigenvalue weighted by Crippen LogP contribution is -2.19. The van der Waals surface area contributed by atoms with Crippen LogP contribution in [0.15, 0.2) is 60.7 Å². The molecular weight excluding hydrogens is 222 g/mol. The van der Waals surface area contributed by atoms with Crippen LogP contribution < -0.4 is 5.32 Å². The Morgan fingerprint density at radius 2 is 1.39 bits per heavy atom. The van der Waals surface area contributed by atoms with Crippen molar-refractivity contribution < 1.29 is 5.11 Å². The Balaban J connectivity index is 2.07. The topological polar surface area (TPSA) is 32.3 Å². The fraction of sp³-hybridized carbons (Fsp3) is 0.250. The Kier molecular flexibility index (Phi) is 4.51. The molecule has 0 saturated carbocycles. The van der Waals surface area contributed by atoms with E-state index in [-0.39, 0.29) is 6.04 Å². The van der Waals surface area contributed by atoms with Crippen molar-refractivity contribution >= 4 is 0 Å². The van der Waals surface area contributed by atoms with Crippen LogP contribution in [-0.4, -0.2) is 12.2 Å². The van der Waals surface area contributed by atoms with Crippen LogP contribution in [-0.2, 0) is 0 Å². The van der Waals surface area contributed by atoms with E-state index in [0.717, 1.165) is 5.56 Å². The van der Waals surface area contributed by atoms with Crippen molar-refractivity contribution in [1.29, 1.82) is 0 Å². The molecule has 2 unspecified atom stereocenters.